The Morgan fingerprint density at radius 1 is 1.46 bits per heavy atom. The maximum atomic E-state index is 9.32. The van der Waals surface area contributed by atoms with E-state index in [1.54, 1.807) is 12.1 Å². The van der Waals surface area contributed by atoms with E-state index in [0.717, 1.165) is 5.56 Å². The third-order valence-electron chi connectivity index (χ3n) is 2.89. The van der Waals surface area contributed by atoms with Crippen LogP contribution in [0.4, 0.5) is 0 Å². The van der Waals surface area contributed by atoms with E-state index in [0.29, 0.717) is 11.7 Å². The zero-order valence-electron chi connectivity index (χ0n) is 7.83. The molecule has 0 aromatic heterocycles. The number of phenols is 1. The van der Waals surface area contributed by atoms with Gasteiger partial charge in [0.2, 0.25) is 0 Å². The Hall–Kier alpha value is -1.02. The summed E-state index contributed by atoms with van der Waals surface area (Å²) in [6.07, 6.45) is 2.42. The van der Waals surface area contributed by atoms with Gasteiger partial charge in [-0.25, -0.2) is 0 Å². The van der Waals surface area contributed by atoms with Gasteiger partial charge in [-0.05, 0) is 43.4 Å². The lowest BCUT2D eigenvalue weighted by atomic mass is 9.88. The van der Waals surface area contributed by atoms with Crippen LogP contribution in [0.1, 0.15) is 25.3 Å². The third-order valence-corrected chi connectivity index (χ3v) is 2.89. The molecule has 2 heteroatoms. The highest BCUT2D eigenvalue weighted by atomic mass is 16.3. The summed E-state index contributed by atoms with van der Waals surface area (Å²) < 4.78 is 0. The van der Waals surface area contributed by atoms with Crippen molar-refractivity contribution in [2.24, 2.45) is 11.7 Å². The number of aromatic hydroxyl groups is 1. The fraction of sp³-hybridized carbons (Fsp3) is 0.455. The maximum Gasteiger partial charge on any atom is 0.115 e. The van der Waals surface area contributed by atoms with Crippen molar-refractivity contribution in [3.05, 3.63) is 29.8 Å². The predicted octanol–water partition coefficient (Wildman–Crippen LogP) is 1.98. The molecule has 0 bridgehead atoms. The monoisotopic (exact) mass is 177 g/mol. The minimum atomic E-state index is -0.265. The average molecular weight is 177 g/mol. The van der Waals surface area contributed by atoms with Crippen molar-refractivity contribution in [2.45, 2.75) is 25.3 Å². The lowest BCUT2D eigenvalue weighted by molar-refractivity contribution is 0.420. The van der Waals surface area contributed by atoms with Crippen molar-refractivity contribution in [1.82, 2.24) is 0 Å². The molecule has 1 aliphatic rings. The van der Waals surface area contributed by atoms with E-state index in [-0.39, 0.29) is 5.54 Å². The van der Waals surface area contributed by atoms with Gasteiger partial charge in [0.25, 0.3) is 0 Å². The number of phenolic OH excluding ortho intramolecular Hbond substituents is 1. The van der Waals surface area contributed by atoms with Crippen LogP contribution in [0.2, 0.25) is 0 Å². The Morgan fingerprint density at radius 2 is 2.15 bits per heavy atom. The number of benzene rings is 1. The molecule has 0 saturated heterocycles. The van der Waals surface area contributed by atoms with Gasteiger partial charge in [0, 0.05) is 5.54 Å². The van der Waals surface area contributed by atoms with Crippen LogP contribution in [-0.2, 0) is 5.54 Å². The van der Waals surface area contributed by atoms with Crippen LogP contribution in [0.25, 0.3) is 0 Å². The smallest absolute Gasteiger partial charge is 0.115 e. The van der Waals surface area contributed by atoms with Gasteiger partial charge >= 0.3 is 0 Å². The van der Waals surface area contributed by atoms with Gasteiger partial charge in [0.1, 0.15) is 5.75 Å². The Kier molecular flexibility index (Phi) is 1.81. The van der Waals surface area contributed by atoms with Gasteiger partial charge in [0.15, 0.2) is 0 Å². The quantitative estimate of drug-likeness (QED) is 0.725. The summed E-state index contributed by atoms with van der Waals surface area (Å²) in [7, 11) is 0. The molecule has 13 heavy (non-hydrogen) atoms. The summed E-state index contributed by atoms with van der Waals surface area (Å²) in [6.45, 7) is 2.04. The number of hydrogen-bond donors (Lipinski definition) is 2. The highest BCUT2D eigenvalue weighted by Gasteiger charge is 2.39. The summed E-state index contributed by atoms with van der Waals surface area (Å²) in [5, 5.41) is 9.32. The first-order chi connectivity index (χ1) is 6.10. The lowest BCUT2D eigenvalue weighted by Gasteiger charge is -2.25. The van der Waals surface area contributed by atoms with Crippen LogP contribution in [0.15, 0.2) is 24.3 Å². The van der Waals surface area contributed by atoms with Crippen molar-refractivity contribution in [3.8, 4) is 5.75 Å². The van der Waals surface area contributed by atoms with Crippen LogP contribution >= 0.6 is 0 Å². The Labute approximate surface area is 78.4 Å². The molecule has 3 N–H and O–H groups in total. The molecule has 0 spiro atoms. The average Bonchev–Trinajstić information content (AvgIpc) is 2.86. The highest BCUT2D eigenvalue weighted by Crippen LogP contribution is 2.44. The molecule has 0 amide bonds. The van der Waals surface area contributed by atoms with Crippen LogP contribution in [0.3, 0.4) is 0 Å². The van der Waals surface area contributed by atoms with Crippen LogP contribution in [0, 0.1) is 5.92 Å². The molecule has 1 aromatic rings. The second-order valence-electron chi connectivity index (χ2n) is 4.11. The van der Waals surface area contributed by atoms with Crippen molar-refractivity contribution in [1.29, 1.82) is 0 Å². The standard InChI is InChI=1S/C11H15NO/c1-11(12,8-5-6-8)9-3-2-4-10(13)7-9/h2-4,7-8,13H,5-6,12H2,1H3. The lowest BCUT2D eigenvalue weighted by Crippen LogP contribution is -2.35. The number of rotatable bonds is 2. The topological polar surface area (TPSA) is 46.2 Å². The first-order valence-electron chi connectivity index (χ1n) is 4.69. The summed E-state index contributed by atoms with van der Waals surface area (Å²) in [5.74, 6) is 0.893. The normalized spacial score (nSPS) is 21.1. The molecule has 1 aliphatic carbocycles. The SMILES string of the molecule is CC(N)(c1cccc(O)c1)C1CC1. The van der Waals surface area contributed by atoms with Crippen LogP contribution < -0.4 is 5.73 Å². The molecule has 2 rings (SSSR count). The van der Waals surface area contributed by atoms with E-state index in [9.17, 15) is 5.11 Å². The zero-order chi connectivity index (χ0) is 9.47. The van der Waals surface area contributed by atoms with Crippen molar-refractivity contribution >= 4 is 0 Å². The van der Waals surface area contributed by atoms with Crippen LogP contribution in [-0.4, -0.2) is 5.11 Å². The van der Waals surface area contributed by atoms with Gasteiger partial charge in [-0.2, -0.15) is 0 Å². The summed E-state index contributed by atoms with van der Waals surface area (Å²) in [6, 6.07) is 7.26. The molecule has 0 radical (unpaired) electrons. The fourth-order valence-corrected chi connectivity index (χ4v) is 1.76. The van der Waals surface area contributed by atoms with E-state index in [2.05, 4.69) is 0 Å². The zero-order valence-corrected chi connectivity index (χ0v) is 7.83. The van der Waals surface area contributed by atoms with Gasteiger partial charge in [0.05, 0.1) is 0 Å². The summed E-state index contributed by atoms with van der Waals surface area (Å²) in [5.41, 5.74) is 6.97. The number of hydrogen-bond acceptors (Lipinski definition) is 2. The Balaban J connectivity index is 2.33. The second kappa shape index (κ2) is 2.74. The second-order valence-corrected chi connectivity index (χ2v) is 4.11. The molecule has 70 valence electrons. The van der Waals surface area contributed by atoms with Gasteiger partial charge < -0.3 is 10.8 Å². The van der Waals surface area contributed by atoms with E-state index in [1.807, 2.05) is 19.1 Å². The minimum absolute atomic E-state index is 0.265. The summed E-state index contributed by atoms with van der Waals surface area (Å²) in [4.78, 5) is 0. The molecule has 1 atom stereocenters. The molecule has 1 fully saturated rings. The van der Waals surface area contributed by atoms with Crippen LogP contribution in [0.5, 0.6) is 5.75 Å². The summed E-state index contributed by atoms with van der Waals surface area (Å²) >= 11 is 0. The Bertz CT molecular complexity index is 316. The molecule has 1 unspecified atom stereocenters. The van der Waals surface area contributed by atoms with E-state index in [4.69, 9.17) is 5.73 Å². The molecule has 1 saturated carbocycles. The maximum absolute atomic E-state index is 9.32. The molecular weight excluding hydrogens is 162 g/mol. The molecule has 0 aliphatic heterocycles. The van der Waals surface area contributed by atoms with Crippen molar-refractivity contribution in [2.75, 3.05) is 0 Å². The Morgan fingerprint density at radius 3 is 2.69 bits per heavy atom. The molecular formula is C11H15NO. The van der Waals surface area contributed by atoms with E-state index >= 15 is 0 Å². The molecule has 0 heterocycles. The van der Waals surface area contributed by atoms with Gasteiger partial charge in [-0.1, -0.05) is 12.1 Å². The number of nitrogens with two attached hydrogens (primary N) is 1. The van der Waals surface area contributed by atoms with E-state index in [1.165, 1.54) is 12.8 Å². The minimum Gasteiger partial charge on any atom is -0.508 e. The van der Waals surface area contributed by atoms with Crippen molar-refractivity contribution < 1.29 is 5.11 Å². The molecule has 1 aromatic carbocycles. The van der Waals surface area contributed by atoms with Gasteiger partial charge in [-0.15, -0.1) is 0 Å². The molecule has 2 nitrogen and oxygen atoms in total. The first kappa shape index (κ1) is 8.57. The largest absolute Gasteiger partial charge is 0.508 e. The highest BCUT2D eigenvalue weighted by molar-refractivity contribution is 5.33. The fourth-order valence-electron chi connectivity index (χ4n) is 1.76. The van der Waals surface area contributed by atoms with E-state index < -0.39 is 0 Å². The predicted molar refractivity (Wildman–Crippen MR) is 52.4 cm³/mol. The van der Waals surface area contributed by atoms with Gasteiger partial charge in [-0.3, -0.25) is 0 Å². The first-order valence-corrected chi connectivity index (χ1v) is 4.69. The third kappa shape index (κ3) is 1.54. The van der Waals surface area contributed by atoms with Crippen molar-refractivity contribution in [3.63, 3.8) is 0 Å².